The van der Waals surface area contributed by atoms with E-state index in [1.54, 1.807) is 6.08 Å². The summed E-state index contributed by atoms with van der Waals surface area (Å²) in [4.78, 5) is 12.3. The molecule has 1 N–H and O–H groups in total. The number of rotatable bonds is 8. The molecule has 0 bridgehead atoms. The summed E-state index contributed by atoms with van der Waals surface area (Å²) in [6.07, 6.45) is 8.23. The SMILES string of the molecule is C=C/C(=N\c1nc(C)[nH]c1C=C)C(CCC)CCC. The highest BCUT2D eigenvalue weighted by Gasteiger charge is 2.13. The van der Waals surface area contributed by atoms with Crippen LogP contribution < -0.4 is 0 Å². The van der Waals surface area contributed by atoms with Gasteiger partial charge in [0.05, 0.1) is 5.69 Å². The molecule has 0 spiro atoms. The first-order chi connectivity index (χ1) is 9.15. The van der Waals surface area contributed by atoms with E-state index in [-0.39, 0.29) is 0 Å². The maximum absolute atomic E-state index is 4.69. The number of aryl methyl sites for hydroxylation is 1. The van der Waals surface area contributed by atoms with Crippen LogP contribution in [0.4, 0.5) is 5.82 Å². The molecule has 0 aliphatic heterocycles. The summed E-state index contributed by atoms with van der Waals surface area (Å²) >= 11 is 0. The van der Waals surface area contributed by atoms with Gasteiger partial charge in [0.1, 0.15) is 5.82 Å². The van der Waals surface area contributed by atoms with Crippen molar-refractivity contribution < 1.29 is 0 Å². The van der Waals surface area contributed by atoms with Crippen LogP contribution >= 0.6 is 0 Å². The van der Waals surface area contributed by atoms with Crippen LogP contribution in [0.2, 0.25) is 0 Å². The van der Waals surface area contributed by atoms with Crippen LogP contribution in [0.1, 0.15) is 51.0 Å². The zero-order valence-corrected chi connectivity index (χ0v) is 12.4. The van der Waals surface area contributed by atoms with Gasteiger partial charge in [0.2, 0.25) is 0 Å². The molecule has 3 nitrogen and oxygen atoms in total. The van der Waals surface area contributed by atoms with Gasteiger partial charge in [0.15, 0.2) is 5.82 Å². The molecule has 0 aromatic carbocycles. The normalized spacial score (nSPS) is 11.9. The van der Waals surface area contributed by atoms with Crippen LogP contribution in [0.5, 0.6) is 0 Å². The topological polar surface area (TPSA) is 41.0 Å². The lowest BCUT2D eigenvalue weighted by Crippen LogP contribution is -2.11. The molecule has 104 valence electrons. The molecule has 3 heteroatoms. The van der Waals surface area contributed by atoms with E-state index in [1.807, 2.05) is 13.0 Å². The molecule has 19 heavy (non-hydrogen) atoms. The van der Waals surface area contributed by atoms with Gasteiger partial charge in [-0.15, -0.1) is 0 Å². The lowest BCUT2D eigenvalue weighted by atomic mass is 9.93. The second-order valence-electron chi connectivity index (χ2n) is 4.78. The Kier molecular flexibility index (Phi) is 6.26. The van der Waals surface area contributed by atoms with Gasteiger partial charge in [-0.1, -0.05) is 39.8 Å². The third-order valence-corrected chi connectivity index (χ3v) is 3.17. The molecule has 0 aliphatic carbocycles. The molecule has 1 aromatic rings. The van der Waals surface area contributed by atoms with Crippen LogP contribution in [0.15, 0.2) is 24.2 Å². The standard InChI is InChI=1S/C16H25N3/c1-6-10-13(11-7-2)14(8-3)19-16-15(9-4)17-12(5)18-16/h8-9,13H,3-4,6-7,10-11H2,1-2,5H3,(H,17,18)/b19-14+. The number of aromatic amines is 1. The van der Waals surface area contributed by atoms with Crippen LogP contribution in [-0.4, -0.2) is 15.7 Å². The summed E-state index contributed by atoms with van der Waals surface area (Å²) in [6, 6.07) is 0. The number of nitrogens with zero attached hydrogens (tertiary/aromatic N) is 2. The molecule has 1 aromatic heterocycles. The zero-order valence-electron chi connectivity index (χ0n) is 12.4. The summed E-state index contributed by atoms with van der Waals surface area (Å²) in [5.41, 5.74) is 1.92. The van der Waals surface area contributed by atoms with Crippen molar-refractivity contribution in [3.8, 4) is 0 Å². The summed E-state index contributed by atoms with van der Waals surface area (Å²) in [5.74, 6) is 2.06. The zero-order chi connectivity index (χ0) is 14.3. The molecule has 0 atom stereocenters. The van der Waals surface area contributed by atoms with E-state index in [1.165, 1.54) is 0 Å². The Labute approximate surface area is 116 Å². The van der Waals surface area contributed by atoms with Crippen molar-refractivity contribution in [1.29, 1.82) is 0 Å². The highest BCUT2D eigenvalue weighted by molar-refractivity contribution is 5.98. The average molecular weight is 259 g/mol. The minimum Gasteiger partial charge on any atom is -0.341 e. The lowest BCUT2D eigenvalue weighted by Gasteiger charge is -2.15. The maximum Gasteiger partial charge on any atom is 0.177 e. The van der Waals surface area contributed by atoms with E-state index >= 15 is 0 Å². The lowest BCUT2D eigenvalue weighted by molar-refractivity contribution is 0.560. The van der Waals surface area contributed by atoms with Gasteiger partial charge in [-0.3, -0.25) is 0 Å². The number of H-pyrrole nitrogens is 1. The number of hydrogen-bond acceptors (Lipinski definition) is 2. The van der Waals surface area contributed by atoms with Crippen molar-refractivity contribution in [2.75, 3.05) is 0 Å². The third kappa shape index (κ3) is 4.19. The van der Waals surface area contributed by atoms with Gasteiger partial charge < -0.3 is 4.98 Å². The molecular formula is C16H25N3. The Morgan fingerprint density at radius 1 is 1.32 bits per heavy atom. The van der Waals surface area contributed by atoms with Crippen molar-refractivity contribution in [3.63, 3.8) is 0 Å². The summed E-state index contributed by atoms with van der Waals surface area (Å²) in [5, 5.41) is 0. The van der Waals surface area contributed by atoms with Crippen LogP contribution in [-0.2, 0) is 0 Å². The predicted molar refractivity (Wildman–Crippen MR) is 84.0 cm³/mol. The number of allylic oxidation sites excluding steroid dienone is 1. The van der Waals surface area contributed by atoms with Crippen LogP contribution in [0.25, 0.3) is 6.08 Å². The van der Waals surface area contributed by atoms with Crippen LogP contribution in [0, 0.1) is 12.8 Å². The second kappa shape index (κ2) is 7.72. The van der Waals surface area contributed by atoms with Crippen LogP contribution in [0.3, 0.4) is 0 Å². The number of aliphatic imine (C=N–C) groups is 1. The van der Waals surface area contributed by atoms with E-state index in [0.29, 0.717) is 5.92 Å². The first kappa shape index (κ1) is 15.4. The molecule has 0 aliphatic rings. The number of nitrogens with one attached hydrogen (secondary N) is 1. The number of imidazole rings is 1. The monoisotopic (exact) mass is 259 g/mol. The van der Waals surface area contributed by atoms with Crippen molar-refractivity contribution in [2.45, 2.75) is 46.5 Å². The maximum atomic E-state index is 4.69. The van der Waals surface area contributed by atoms with E-state index < -0.39 is 0 Å². The summed E-state index contributed by atoms with van der Waals surface area (Å²) in [6.45, 7) is 14.0. The van der Waals surface area contributed by atoms with Gasteiger partial charge in [-0.25, -0.2) is 9.98 Å². The molecule has 0 amide bonds. The molecular weight excluding hydrogens is 234 g/mol. The Hall–Kier alpha value is -1.64. The quantitative estimate of drug-likeness (QED) is 0.667. The molecule has 1 heterocycles. The molecule has 0 fully saturated rings. The molecule has 0 radical (unpaired) electrons. The van der Waals surface area contributed by atoms with Gasteiger partial charge in [-0.2, -0.15) is 0 Å². The Bertz CT molecular complexity index is 449. The molecule has 0 unspecified atom stereocenters. The van der Waals surface area contributed by atoms with E-state index in [2.05, 4.69) is 37.0 Å². The fourth-order valence-electron chi connectivity index (χ4n) is 2.29. The van der Waals surface area contributed by atoms with Gasteiger partial charge in [0, 0.05) is 11.6 Å². The van der Waals surface area contributed by atoms with Gasteiger partial charge in [0.25, 0.3) is 0 Å². The number of aromatic nitrogens is 2. The van der Waals surface area contributed by atoms with E-state index in [0.717, 1.165) is 48.7 Å². The summed E-state index contributed by atoms with van der Waals surface area (Å²) < 4.78 is 0. The Morgan fingerprint density at radius 2 is 1.95 bits per heavy atom. The van der Waals surface area contributed by atoms with Crippen molar-refractivity contribution in [3.05, 3.63) is 30.8 Å². The average Bonchev–Trinajstić information content (AvgIpc) is 2.76. The predicted octanol–water partition coefficient (Wildman–Crippen LogP) is 4.84. The second-order valence-corrected chi connectivity index (χ2v) is 4.78. The smallest absolute Gasteiger partial charge is 0.177 e. The minimum atomic E-state index is 0.474. The Morgan fingerprint density at radius 3 is 2.42 bits per heavy atom. The first-order valence-electron chi connectivity index (χ1n) is 7.06. The van der Waals surface area contributed by atoms with Crippen molar-refractivity contribution in [2.24, 2.45) is 10.9 Å². The molecule has 0 saturated heterocycles. The van der Waals surface area contributed by atoms with Gasteiger partial charge >= 0.3 is 0 Å². The molecule has 0 saturated carbocycles. The highest BCUT2D eigenvalue weighted by atomic mass is 15.0. The van der Waals surface area contributed by atoms with Crippen molar-refractivity contribution >= 4 is 17.6 Å². The van der Waals surface area contributed by atoms with E-state index in [9.17, 15) is 0 Å². The largest absolute Gasteiger partial charge is 0.341 e. The fourth-order valence-corrected chi connectivity index (χ4v) is 2.29. The highest BCUT2D eigenvalue weighted by Crippen LogP contribution is 2.22. The van der Waals surface area contributed by atoms with E-state index in [4.69, 9.17) is 4.99 Å². The fraction of sp³-hybridized carbons (Fsp3) is 0.500. The minimum absolute atomic E-state index is 0.474. The number of hydrogen-bond donors (Lipinski definition) is 1. The third-order valence-electron chi connectivity index (χ3n) is 3.17. The van der Waals surface area contributed by atoms with Crippen molar-refractivity contribution in [1.82, 2.24) is 9.97 Å². The summed E-state index contributed by atoms with van der Waals surface area (Å²) in [7, 11) is 0. The van der Waals surface area contributed by atoms with Gasteiger partial charge in [-0.05, 0) is 31.9 Å². The first-order valence-corrected chi connectivity index (χ1v) is 7.06. The molecule has 1 rings (SSSR count). The Balaban J connectivity index is 3.07.